The normalized spacial score (nSPS) is 10.4. The summed E-state index contributed by atoms with van der Waals surface area (Å²) in [4.78, 5) is 12.8. The van der Waals surface area contributed by atoms with Crippen LogP contribution in [-0.4, -0.2) is 17.0 Å². The molecule has 2 N–H and O–H groups in total. The lowest BCUT2D eigenvalue weighted by Crippen LogP contribution is -2.04. The SMILES string of the molecule is COc1c(N)cnc(C(F)F)c1[N+](=O)[O-]. The first kappa shape index (κ1) is 11.1. The third-order valence-corrected chi connectivity index (χ3v) is 1.66. The van der Waals surface area contributed by atoms with Gasteiger partial charge in [0.15, 0.2) is 5.69 Å². The van der Waals surface area contributed by atoms with Gasteiger partial charge in [-0.2, -0.15) is 0 Å². The number of ether oxygens (including phenoxy) is 1. The second kappa shape index (κ2) is 4.03. The van der Waals surface area contributed by atoms with Crippen LogP contribution in [0.15, 0.2) is 6.20 Å². The van der Waals surface area contributed by atoms with E-state index < -0.39 is 28.5 Å². The van der Waals surface area contributed by atoms with Crippen LogP contribution >= 0.6 is 0 Å². The van der Waals surface area contributed by atoms with Crippen molar-refractivity contribution in [3.05, 3.63) is 22.0 Å². The minimum atomic E-state index is -3.06. The highest BCUT2D eigenvalue weighted by molar-refractivity contribution is 5.64. The molecule has 0 saturated heterocycles. The van der Waals surface area contributed by atoms with Crippen molar-refractivity contribution >= 4 is 11.4 Å². The number of pyridine rings is 1. The summed E-state index contributed by atoms with van der Waals surface area (Å²) in [7, 11) is 1.11. The lowest BCUT2D eigenvalue weighted by Gasteiger charge is -2.07. The van der Waals surface area contributed by atoms with Crippen LogP contribution in [-0.2, 0) is 0 Å². The predicted molar refractivity (Wildman–Crippen MR) is 46.8 cm³/mol. The molecule has 15 heavy (non-hydrogen) atoms. The molecule has 0 radical (unpaired) electrons. The van der Waals surface area contributed by atoms with Crippen LogP contribution in [0, 0.1) is 10.1 Å². The Morgan fingerprint density at radius 2 is 2.27 bits per heavy atom. The molecular formula is C7H7F2N3O3. The van der Waals surface area contributed by atoms with Crippen LogP contribution < -0.4 is 10.5 Å². The van der Waals surface area contributed by atoms with Crippen molar-refractivity contribution < 1.29 is 18.4 Å². The molecule has 0 aliphatic carbocycles. The number of nitrogens with two attached hydrogens (primary N) is 1. The van der Waals surface area contributed by atoms with E-state index in [1.54, 1.807) is 0 Å². The van der Waals surface area contributed by atoms with Gasteiger partial charge in [-0.25, -0.2) is 13.8 Å². The number of anilines is 1. The predicted octanol–water partition coefficient (Wildman–Crippen LogP) is 1.52. The molecule has 82 valence electrons. The number of aromatic nitrogens is 1. The van der Waals surface area contributed by atoms with Gasteiger partial charge in [-0.05, 0) is 0 Å². The average molecular weight is 219 g/mol. The molecule has 6 nitrogen and oxygen atoms in total. The van der Waals surface area contributed by atoms with E-state index >= 15 is 0 Å². The monoisotopic (exact) mass is 219 g/mol. The van der Waals surface area contributed by atoms with E-state index in [0.29, 0.717) is 0 Å². The van der Waals surface area contributed by atoms with E-state index in [0.717, 1.165) is 13.3 Å². The van der Waals surface area contributed by atoms with Gasteiger partial charge in [0.05, 0.1) is 18.2 Å². The van der Waals surface area contributed by atoms with Crippen LogP contribution in [0.4, 0.5) is 20.2 Å². The molecular weight excluding hydrogens is 212 g/mol. The number of nitrogens with zero attached hydrogens (tertiary/aromatic N) is 2. The van der Waals surface area contributed by atoms with Crippen LogP contribution in [0.2, 0.25) is 0 Å². The smallest absolute Gasteiger partial charge is 0.340 e. The third kappa shape index (κ3) is 1.92. The summed E-state index contributed by atoms with van der Waals surface area (Å²) < 4.78 is 29.3. The van der Waals surface area contributed by atoms with Crippen molar-refractivity contribution in [3.8, 4) is 5.75 Å². The van der Waals surface area contributed by atoms with E-state index in [4.69, 9.17) is 5.73 Å². The van der Waals surface area contributed by atoms with Gasteiger partial charge in [-0.1, -0.05) is 0 Å². The first-order chi connectivity index (χ1) is 6.99. The summed E-state index contributed by atoms with van der Waals surface area (Å²) in [6, 6.07) is 0. The second-order valence-corrected chi connectivity index (χ2v) is 2.54. The zero-order valence-electron chi connectivity index (χ0n) is 7.61. The van der Waals surface area contributed by atoms with Gasteiger partial charge in [0.2, 0.25) is 5.75 Å². The maximum Gasteiger partial charge on any atom is 0.340 e. The van der Waals surface area contributed by atoms with Crippen molar-refractivity contribution in [3.63, 3.8) is 0 Å². The Kier molecular flexibility index (Phi) is 2.98. The Hall–Kier alpha value is -1.99. The van der Waals surface area contributed by atoms with Gasteiger partial charge in [0.1, 0.15) is 5.69 Å². The Balaban J connectivity index is 3.49. The molecule has 0 aliphatic rings. The molecule has 0 spiro atoms. The standard InChI is InChI=1S/C7H7F2N3O3/c1-15-6-3(10)2-11-4(7(8)9)5(6)12(13)14/h2,7H,10H2,1H3. The van der Waals surface area contributed by atoms with E-state index in [2.05, 4.69) is 9.72 Å². The molecule has 8 heteroatoms. The first-order valence-electron chi connectivity index (χ1n) is 3.74. The molecule has 1 heterocycles. The lowest BCUT2D eigenvalue weighted by atomic mass is 10.2. The summed E-state index contributed by atoms with van der Waals surface area (Å²) in [5.74, 6) is -0.398. The van der Waals surface area contributed by atoms with Crippen LogP contribution in [0.5, 0.6) is 5.75 Å². The molecule has 0 aromatic carbocycles. The van der Waals surface area contributed by atoms with Gasteiger partial charge in [0, 0.05) is 0 Å². The Labute approximate surface area is 82.8 Å². The number of halogens is 2. The van der Waals surface area contributed by atoms with Crippen LogP contribution in [0.1, 0.15) is 12.1 Å². The Bertz CT molecular complexity index is 397. The third-order valence-electron chi connectivity index (χ3n) is 1.66. The van der Waals surface area contributed by atoms with Gasteiger partial charge in [0.25, 0.3) is 6.43 Å². The molecule has 0 aliphatic heterocycles. The fourth-order valence-electron chi connectivity index (χ4n) is 1.06. The molecule has 0 saturated carbocycles. The van der Waals surface area contributed by atoms with E-state index in [1.807, 2.05) is 0 Å². The molecule has 0 fully saturated rings. The summed E-state index contributed by atoms with van der Waals surface area (Å²) in [5.41, 5.74) is 3.29. The number of nitro groups is 1. The van der Waals surface area contributed by atoms with Gasteiger partial charge in [-0.3, -0.25) is 10.1 Å². The Morgan fingerprint density at radius 3 is 2.67 bits per heavy atom. The number of methoxy groups -OCH3 is 1. The fourth-order valence-corrected chi connectivity index (χ4v) is 1.06. The average Bonchev–Trinajstić information content (AvgIpc) is 2.16. The number of hydrogen-bond acceptors (Lipinski definition) is 5. The van der Waals surface area contributed by atoms with Crippen molar-refractivity contribution in [2.24, 2.45) is 0 Å². The maximum absolute atomic E-state index is 12.4. The maximum atomic E-state index is 12.4. The highest BCUT2D eigenvalue weighted by atomic mass is 19.3. The minimum absolute atomic E-state index is 0.159. The largest absolute Gasteiger partial charge is 0.489 e. The summed E-state index contributed by atoms with van der Waals surface area (Å²) in [6.07, 6.45) is -2.16. The summed E-state index contributed by atoms with van der Waals surface area (Å²) in [5, 5.41) is 10.6. The molecule has 0 unspecified atom stereocenters. The molecule has 1 rings (SSSR count). The first-order valence-corrected chi connectivity index (χ1v) is 3.74. The molecule has 1 aromatic heterocycles. The summed E-state index contributed by atoms with van der Waals surface area (Å²) >= 11 is 0. The lowest BCUT2D eigenvalue weighted by molar-refractivity contribution is -0.387. The second-order valence-electron chi connectivity index (χ2n) is 2.54. The van der Waals surface area contributed by atoms with E-state index in [1.165, 1.54) is 0 Å². The zero-order valence-corrected chi connectivity index (χ0v) is 7.61. The van der Waals surface area contributed by atoms with Crippen LogP contribution in [0.25, 0.3) is 0 Å². The number of hydrogen-bond donors (Lipinski definition) is 1. The van der Waals surface area contributed by atoms with E-state index in [-0.39, 0.29) is 5.69 Å². The number of alkyl halides is 2. The van der Waals surface area contributed by atoms with Gasteiger partial charge < -0.3 is 10.5 Å². The van der Waals surface area contributed by atoms with Crippen molar-refractivity contribution in [2.45, 2.75) is 6.43 Å². The fraction of sp³-hybridized carbons (Fsp3) is 0.286. The molecule has 0 bridgehead atoms. The quantitative estimate of drug-likeness (QED) is 0.614. The van der Waals surface area contributed by atoms with Gasteiger partial charge in [-0.15, -0.1) is 0 Å². The molecule has 0 amide bonds. The van der Waals surface area contributed by atoms with Crippen molar-refractivity contribution in [2.75, 3.05) is 12.8 Å². The van der Waals surface area contributed by atoms with Crippen molar-refractivity contribution in [1.82, 2.24) is 4.98 Å². The van der Waals surface area contributed by atoms with Gasteiger partial charge >= 0.3 is 5.69 Å². The van der Waals surface area contributed by atoms with E-state index in [9.17, 15) is 18.9 Å². The highest BCUT2D eigenvalue weighted by Gasteiger charge is 2.30. The molecule has 1 aromatic rings. The Morgan fingerprint density at radius 1 is 1.67 bits per heavy atom. The zero-order chi connectivity index (χ0) is 11.6. The topological polar surface area (TPSA) is 91.3 Å². The number of nitrogen functional groups attached to an aromatic ring is 1. The molecule has 0 atom stereocenters. The minimum Gasteiger partial charge on any atom is -0.489 e. The number of rotatable bonds is 3. The van der Waals surface area contributed by atoms with Crippen LogP contribution in [0.3, 0.4) is 0 Å². The van der Waals surface area contributed by atoms with Crippen molar-refractivity contribution in [1.29, 1.82) is 0 Å². The highest BCUT2D eigenvalue weighted by Crippen LogP contribution is 2.38. The summed E-state index contributed by atoms with van der Waals surface area (Å²) in [6.45, 7) is 0.